The molecule has 0 saturated carbocycles. The van der Waals surface area contributed by atoms with Crippen LogP contribution in [-0.4, -0.2) is 67.0 Å². The van der Waals surface area contributed by atoms with Crippen molar-refractivity contribution in [3.05, 3.63) is 62.6 Å². The second-order valence-electron chi connectivity index (χ2n) is 10.1. The fourth-order valence-corrected chi connectivity index (χ4v) is 5.80. The second kappa shape index (κ2) is 12.1. The Morgan fingerprint density at radius 1 is 1.00 bits per heavy atom. The van der Waals surface area contributed by atoms with Crippen molar-refractivity contribution in [2.45, 2.75) is 38.8 Å². The van der Waals surface area contributed by atoms with E-state index in [4.69, 9.17) is 40.5 Å². The molecule has 2 fully saturated rings. The minimum atomic E-state index is -0.640. The molecule has 2 aliphatic heterocycles. The summed E-state index contributed by atoms with van der Waals surface area (Å²) in [5, 5.41) is 4.50. The average molecular weight is 567 g/mol. The summed E-state index contributed by atoms with van der Waals surface area (Å²) < 4.78 is 0. The highest BCUT2D eigenvalue weighted by Gasteiger charge is 2.37. The molecule has 0 aromatic heterocycles. The lowest BCUT2D eigenvalue weighted by atomic mass is 9.95. The Hall–Kier alpha value is -2.19. The largest absolute Gasteiger partial charge is 0.368 e. The molecule has 2 unspecified atom stereocenters. The van der Waals surface area contributed by atoms with Crippen LogP contribution < -0.4 is 16.0 Å². The van der Waals surface area contributed by atoms with Gasteiger partial charge >= 0.3 is 6.03 Å². The maximum Gasteiger partial charge on any atom is 0.318 e. The van der Waals surface area contributed by atoms with Crippen LogP contribution in [-0.2, 0) is 11.2 Å². The monoisotopic (exact) mass is 565 g/mol. The minimum absolute atomic E-state index is 0.0736. The zero-order chi connectivity index (χ0) is 26.7. The van der Waals surface area contributed by atoms with E-state index < -0.39 is 6.04 Å². The van der Waals surface area contributed by atoms with Crippen molar-refractivity contribution >= 4 is 52.4 Å². The van der Waals surface area contributed by atoms with Gasteiger partial charge in [-0.1, -0.05) is 54.7 Å². The van der Waals surface area contributed by atoms with E-state index in [-0.39, 0.29) is 18.0 Å². The summed E-state index contributed by atoms with van der Waals surface area (Å²) >= 11 is 18.8. The molecule has 0 spiro atoms. The number of rotatable bonds is 8. The number of hydrogen-bond donors (Lipinski definition) is 2. The van der Waals surface area contributed by atoms with Crippen LogP contribution in [0.1, 0.15) is 37.4 Å². The summed E-state index contributed by atoms with van der Waals surface area (Å²) in [5.41, 5.74) is 9.43. The molecular formula is C27H34Cl3N5O2. The first-order valence-corrected chi connectivity index (χ1v) is 13.8. The third-order valence-electron chi connectivity index (χ3n) is 7.03. The smallest absolute Gasteiger partial charge is 0.318 e. The predicted molar refractivity (Wildman–Crippen MR) is 151 cm³/mol. The third-order valence-corrected chi connectivity index (χ3v) is 7.85. The van der Waals surface area contributed by atoms with Crippen LogP contribution in [0, 0.1) is 5.92 Å². The number of carbonyl (C=O) groups excluding carboxylic acids is 2. The zero-order valence-corrected chi connectivity index (χ0v) is 23.5. The highest BCUT2D eigenvalue weighted by atomic mass is 35.5. The number of piperazine rings is 1. The van der Waals surface area contributed by atoms with Gasteiger partial charge in [0.05, 0.1) is 0 Å². The lowest BCUT2D eigenvalue weighted by molar-refractivity contribution is -0.136. The number of nitrogens with one attached hydrogen (secondary N) is 1. The molecule has 3 amide bonds. The van der Waals surface area contributed by atoms with Crippen LogP contribution in [0.3, 0.4) is 0 Å². The Kier molecular flexibility index (Phi) is 9.11. The molecule has 0 aliphatic carbocycles. The Morgan fingerprint density at radius 2 is 1.68 bits per heavy atom. The van der Waals surface area contributed by atoms with Crippen molar-refractivity contribution in [1.82, 2.24) is 15.1 Å². The molecule has 2 heterocycles. The number of amides is 3. The molecule has 4 rings (SSSR count). The van der Waals surface area contributed by atoms with Gasteiger partial charge in [-0.2, -0.15) is 0 Å². The van der Waals surface area contributed by atoms with E-state index in [9.17, 15) is 9.59 Å². The minimum Gasteiger partial charge on any atom is -0.368 e. The van der Waals surface area contributed by atoms with Gasteiger partial charge in [0.2, 0.25) is 5.91 Å². The van der Waals surface area contributed by atoms with E-state index in [1.165, 1.54) is 0 Å². The summed E-state index contributed by atoms with van der Waals surface area (Å²) in [6.07, 6.45) is 1.19. The third kappa shape index (κ3) is 6.63. The van der Waals surface area contributed by atoms with Gasteiger partial charge in [-0.3, -0.25) is 4.79 Å². The van der Waals surface area contributed by atoms with Crippen molar-refractivity contribution in [1.29, 1.82) is 0 Å². The second-order valence-corrected chi connectivity index (χ2v) is 11.4. The van der Waals surface area contributed by atoms with Crippen LogP contribution in [0.2, 0.25) is 15.1 Å². The molecule has 0 bridgehead atoms. The van der Waals surface area contributed by atoms with Gasteiger partial charge in [0, 0.05) is 72.5 Å². The normalized spacial score (nSPS) is 17.8. The number of hydrogen-bond acceptors (Lipinski definition) is 4. The van der Waals surface area contributed by atoms with Crippen LogP contribution in [0.4, 0.5) is 10.5 Å². The summed E-state index contributed by atoms with van der Waals surface area (Å²) in [4.78, 5) is 32.0. The first kappa shape index (κ1) is 27.8. The Labute approximate surface area is 233 Å². The summed E-state index contributed by atoms with van der Waals surface area (Å²) in [5.74, 6) is 0.390. The molecule has 3 N–H and O–H groups in total. The van der Waals surface area contributed by atoms with Gasteiger partial charge in [0.1, 0.15) is 6.04 Å². The summed E-state index contributed by atoms with van der Waals surface area (Å²) in [7, 11) is 0. The standard InChI is InChI=1S/C27H34Cl3N5O2/c1-17(2)13-23(31)21-15-19(28)5-6-24(21)33-9-11-34(12-10-33)26(36)25(35-8-7-32-27(35)37)14-18-3-4-20(29)16-22(18)30/h3-6,15-17,23,25H,7-14,31H2,1-2H3,(H,32,37). The lowest BCUT2D eigenvalue weighted by Crippen LogP contribution is -2.56. The Bertz CT molecular complexity index is 1140. The van der Waals surface area contributed by atoms with E-state index in [0.29, 0.717) is 66.7 Å². The number of nitrogens with two attached hydrogens (primary N) is 1. The topological polar surface area (TPSA) is 81.9 Å². The van der Waals surface area contributed by atoms with E-state index in [2.05, 4.69) is 24.1 Å². The molecule has 2 aliphatic rings. The lowest BCUT2D eigenvalue weighted by Gasteiger charge is -2.40. The fourth-order valence-electron chi connectivity index (χ4n) is 5.13. The maximum atomic E-state index is 13.8. The zero-order valence-electron chi connectivity index (χ0n) is 21.2. The predicted octanol–water partition coefficient (Wildman–Crippen LogP) is 4.98. The van der Waals surface area contributed by atoms with E-state index in [1.807, 2.05) is 29.2 Å². The van der Waals surface area contributed by atoms with Crippen molar-refractivity contribution < 1.29 is 9.59 Å². The van der Waals surface area contributed by atoms with Gasteiger partial charge in [0.15, 0.2) is 0 Å². The molecule has 200 valence electrons. The summed E-state index contributed by atoms with van der Waals surface area (Å²) in [6.45, 7) is 7.71. The fraction of sp³-hybridized carbons (Fsp3) is 0.481. The number of carbonyl (C=O) groups is 2. The van der Waals surface area contributed by atoms with Gasteiger partial charge in [-0.15, -0.1) is 0 Å². The quantitative estimate of drug-likeness (QED) is 0.472. The molecular weight excluding hydrogens is 533 g/mol. The maximum absolute atomic E-state index is 13.8. The van der Waals surface area contributed by atoms with Gasteiger partial charge in [-0.05, 0) is 53.8 Å². The number of benzene rings is 2. The molecule has 2 saturated heterocycles. The molecule has 0 radical (unpaired) electrons. The SMILES string of the molecule is CC(C)CC(N)c1cc(Cl)ccc1N1CCN(C(=O)C(Cc2ccc(Cl)cc2Cl)N2CCNC2=O)CC1. The average Bonchev–Trinajstić information content (AvgIpc) is 3.28. The van der Waals surface area contributed by atoms with E-state index in [1.54, 1.807) is 17.0 Å². The molecule has 37 heavy (non-hydrogen) atoms. The van der Waals surface area contributed by atoms with Gasteiger partial charge < -0.3 is 25.8 Å². The van der Waals surface area contributed by atoms with Crippen molar-refractivity contribution in [3.63, 3.8) is 0 Å². The van der Waals surface area contributed by atoms with Crippen LogP contribution >= 0.6 is 34.8 Å². The van der Waals surface area contributed by atoms with Crippen LogP contribution in [0.15, 0.2) is 36.4 Å². The van der Waals surface area contributed by atoms with Gasteiger partial charge in [-0.25, -0.2) is 4.79 Å². The molecule has 10 heteroatoms. The summed E-state index contributed by atoms with van der Waals surface area (Å²) in [6, 6.07) is 10.1. The number of halogens is 3. The van der Waals surface area contributed by atoms with Crippen molar-refractivity contribution in [2.24, 2.45) is 11.7 Å². The molecule has 2 aromatic carbocycles. The highest BCUT2D eigenvalue weighted by Crippen LogP contribution is 2.32. The van der Waals surface area contributed by atoms with E-state index >= 15 is 0 Å². The van der Waals surface area contributed by atoms with Crippen molar-refractivity contribution in [2.75, 3.05) is 44.2 Å². The number of anilines is 1. The van der Waals surface area contributed by atoms with Crippen LogP contribution in [0.25, 0.3) is 0 Å². The van der Waals surface area contributed by atoms with E-state index in [0.717, 1.165) is 23.2 Å². The van der Waals surface area contributed by atoms with Crippen LogP contribution in [0.5, 0.6) is 0 Å². The van der Waals surface area contributed by atoms with Gasteiger partial charge in [0.25, 0.3) is 0 Å². The van der Waals surface area contributed by atoms with Crippen molar-refractivity contribution in [3.8, 4) is 0 Å². The Balaban J connectivity index is 1.50. The molecule has 2 atom stereocenters. The first-order chi connectivity index (χ1) is 17.6. The number of nitrogens with zero attached hydrogens (tertiary/aromatic N) is 3. The number of urea groups is 1. The first-order valence-electron chi connectivity index (χ1n) is 12.7. The highest BCUT2D eigenvalue weighted by molar-refractivity contribution is 6.35. The molecule has 7 nitrogen and oxygen atoms in total. The Morgan fingerprint density at radius 3 is 2.30 bits per heavy atom. The molecule has 2 aromatic rings.